The quantitative estimate of drug-likeness (QED) is 0.857. The lowest BCUT2D eigenvalue weighted by Crippen LogP contribution is -2.47. The summed E-state index contributed by atoms with van der Waals surface area (Å²) in [5.41, 5.74) is 1.89. The van der Waals surface area contributed by atoms with Crippen molar-refractivity contribution in [3.8, 4) is 0 Å². The summed E-state index contributed by atoms with van der Waals surface area (Å²) in [4.78, 5) is 7.82. The number of aromatic nitrogens is 1. The fraction of sp³-hybridized carbons (Fsp3) is 0.727. The summed E-state index contributed by atoms with van der Waals surface area (Å²) in [6.45, 7) is 5.82. The minimum atomic E-state index is 0.235. The van der Waals surface area contributed by atoms with E-state index in [4.69, 9.17) is 4.74 Å². The topological polar surface area (TPSA) is 37.4 Å². The van der Waals surface area contributed by atoms with Gasteiger partial charge < -0.3 is 10.1 Å². The molecule has 0 amide bonds. The lowest BCUT2D eigenvalue weighted by atomic mass is 10.1. The summed E-state index contributed by atoms with van der Waals surface area (Å²) in [5, 5.41) is 3.36. The van der Waals surface area contributed by atoms with Crippen LogP contribution in [-0.4, -0.2) is 49.3 Å². The van der Waals surface area contributed by atoms with Crippen LogP contribution in [0.2, 0.25) is 0 Å². The summed E-state index contributed by atoms with van der Waals surface area (Å²) in [7, 11) is 2.16. The van der Waals surface area contributed by atoms with Crippen LogP contribution in [-0.2, 0) is 4.74 Å². The van der Waals surface area contributed by atoms with E-state index in [0.717, 1.165) is 26.2 Å². The highest BCUT2D eigenvalue weighted by atomic mass is 32.1. The van der Waals surface area contributed by atoms with Crippen LogP contribution < -0.4 is 5.32 Å². The largest absolute Gasteiger partial charge is 0.374 e. The van der Waals surface area contributed by atoms with Gasteiger partial charge in [-0.05, 0) is 13.6 Å². The molecule has 4 nitrogen and oxygen atoms in total. The van der Waals surface area contributed by atoms with E-state index >= 15 is 0 Å². The second-order valence-corrected chi connectivity index (χ2v) is 4.96. The van der Waals surface area contributed by atoms with E-state index in [0.29, 0.717) is 6.04 Å². The second-order valence-electron chi connectivity index (χ2n) is 4.05. The van der Waals surface area contributed by atoms with Gasteiger partial charge in [-0.2, -0.15) is 0 Å². The molecule has 5 heteroatoms. The first kappa shape index (κ1) is 12.0. The monoisotopic (exact) mass is 241 g/mol. The number of ether oxygens (including phenoxy) is 1. The maximum atomic E-state index is 5.86. The third-order valence-corrected chi connectivity index (χ3v) is 3.79. The van der Waals surface area contributed by atoms with Gasteiger partial charge in [0.25, 0.3) is 0 Å². The molecule has 2 unspecified atom stereocenters. The molecule has 16 heavy (non-hydrogen) atoms. The van der Waals surface area contributed by atoms with Crippen molar-refractivity contribution < 1.29 is 4.74 Å². The number of hydrogen-bond acceptors (Lipinski definition) is 5. The van der Waals surface area contributed by atoms with Gasteiger partial charge in [0.15, 0.2) is 0 Å². The summed E-state index contributed by atoms with van der Waals surface area (Å²) < 4.78 is 5.86. The highest BCUT2D eigenvalue weighted by Gasteiger charge is 2.31. The minimum Gasteiger partial charge on any atom is -0.374 e. The smallest absolute Gasteiger partial charge is 0.0905 e. The fourth-order valence-electron chi connectivity index (χ4n) is 2.09. The van der Waals surface area contributed by atoms with Crippen LogP contribution in [0.25, 0.3) is 0 Å². The predicted molar refractivity (Wildman–Crippen MR) is 65.8 cm³/mol. The van der Waals surface area contributed by atoms with Gasteiger partial charge in [-0.15, -0.1) is 11.3 Å². The third kappa shape index (κ3) is 2.60. The molecule has 1 saturated heterocycles. The number of nitrogens with one attached hydrogen (secondary N) is 1. The summed E-state index contributed by atoms with van der Waals surface area (Å²) in [6.07, 6.45) is 2.19. The van der Waals surface area contributed by atoms with Gasteiger partial charge in [-0.3, -0.25) is 9.88 Å². The number of hydrogen-bond donors (Lipinski definition) is 1. The van der Waals surface area contributed by atoms with Crippen molar-refractivity contribution in [3.63, 3.8) is 0 Å². The SMILES string of the molecule is CCNCC1OCCN(C)C1c1cncs1. The fourth-order valence-corrected chi connectivity index (χ4v) is 2.93. The van der Waals surface area contributed by atoms with Crippen molar-refractivity contribution in [2.24, 2.45) is 0 Å². The van der Waals surface area contributed by atoms with E-state index in [1.165, 1.54) is 4.88 Å². The molecule has 1 aromatic rings. The Morgan fingerprint density at radius 2 is 2.56 bits per heavy atom. The van der Waals surface area contributed by atoms with Crippen LogP contribution in [0.1, 0.15) is 17.8 Å². The van der Waals surface area contributed by atoms with Gasteiger partial charge in [0, 0.05) is 24.2 Å². The highest BCUT2D eigenvalue weighted by Crippen LogP contribution is 2.30. The van der Waals surface area contributed by atoms with Crippen molar-refractivity contribution >= 4 is 11.3 Å². The first-order valence-corrected chi connectivity index (χ1v) is 6.62. The number of nitrogens with zero attached hydrogens (tertiary/aromatic N) is 2. The highest BCUT2D eigenvalue weighted by molar-refractivity contribution is 7.09. The third-order valence-electron chi connectivity index (χ3n) is 2.94. The van der Waals surface area contributed by atoms with Gasteiger partial charge in [-0.1, -0.05) is 6.92 Å². The standard InChI is InChI=1S/C11H19N3OS/c1-3-12-6-9-11(10-7-13-8-16-10)14(2)4-5-15-9/h7-9,11-12H,3-6H2,1-2H3. The van der Waals surface area contributed by atoms with Gasteiger partial charge in [0.2, 0.25) is 0 Å². The van der Waals surface area contributed by atoms with Crippen LogP contribution in [0.3, 0.4) is 0 Å². The van der Waals surface area contributed by atoms with Crippen molar-refractivity contribution in [2.75, 3.05) is 33.3 Å². The summed E-state index contributed by atoms with van der Waals surface area (Å²) in [5.74, 6) is 0. The maximum absolute atomic E-state index is 5.86. The summed E-state index contributed by atoms with van der Waals surface area (Å²) in [6, 6.07) is 0.347. The predicted octanol–water partition coefficient (Wildman–Crippen LogP) is 1.12. The van der Waals surface area contributed by atoms with Gasteiger partial charge in [0.05, 0.1) is 24.3 Å². The van der Waals surface area contributed by atoms with E-state index in [9.17, 15) is 0 Å². The number of rotatable bonds is 4. The van der Waals surface area contributed by atoms with Crippen LogP contribution in [0.4, 0.5) is 0 Å². The Kier molecular flexibility index (Phi) is 4.29. The number of likely N-dealkylation sites (N-methyl/N-ethyl adjacent to an activating group) is 2. The molecule has 2 atom stereocenters. The average Bonchev–Trinajstić information content (AvgIpc) is 2.79. The molecule has 2 rings (SSSR count). The molecule has 1 N–H and O–H groups in total. The van der Waals surface area contributed by atoms with Crippen LogP contribution in [0, 0.1) is 0 Å². The first-order chi connectivity index (χ1) is 7.83. The Morgan fingerprint density at radius 3 is 3.25 bits per heavy atom. The van der Waals surface area contributed by atoms with Crippen molar-refractivity contribution in [3.05, 3.63) is 16.6 Å². The van der Waals surface area contributed by atoms with Crippen molar-refractivity contribution in [1.29, 1.82) is 0 Å². The second kappa shape index (κ2) is 5.72. The molecule has 0 spiro atoms. The molecule has 1 aromatic heterocycles. The van der Waals surface area contributed by atoms with Crippen molar-refractivity contribution in [2.45, 2.75) is 19.1 Å². The van der Waals surface area contributed by atoms with E-state index in [2.05, 4.69) is 29.2 Å². The Morgan fingerprint density at radius 1 is 1.69 bits per heavy atom. The maximum Gasteiger partial charge on any atom is 0.0905 e. The Labute approximate surface area is 101 Å². The normalized spacial score (nSPS) is 27.1. The lowest BCUT2D eigenvalue weighted by Gasteiger charge is -2.38. The zero-order valence-corrected chi connectivity index (χ0v) is 10.7. The lowest BCUT2D eigenvalue weighted by molar-refractivity contribution is -0.0600. The Bertz CT molecular complexity index is 304. The molecule has 2 heterocycles. The van der Waals surface area contributed by atoms with E-state index in [1.54, 1.807) is 11.3 Å². The first-order valence-electron chi connectivity index (χ1n) is 5.74. The summed E-state index contributed by atoms with van der Waals surface area (Å²) >= 11 is 1.71. The molecule has 0 aromatic carbocycles. The Balaban J connectivity index is 2.08. The van der Waals surface area contributed by atoms with Gasteiger partial charge >= 0.3 is 0 Å². The van der Waals surface area contributed by atoms with E-state index in [1.807, 2.05) is 11.7 Å². The van der Waals surface area contributed by atoms with Crippen LogP contribution >= 0.6 is 11.3 Å². The van der Waals surface area contributed by atoms with Crippen LogP contribution in [0.5, 0.6) is 0 Å². The molecular formula is C11H19N3OS. The van der Waals surface area contributed by atoms with E-state index in [-0.39, 0.29) is 6.10 Å². The number of morpholine rings is 1. The van der Waals surface area contributed by atoms with Gasteiger partial charge in [-0.25, -0.2) is 0 Å². The molecule has 1 aliphatic heterocycles. The van der Waals surface area contributed by atoms with Gasteiger partial charge in [0.1, 0.15) is 0 Å². The Hall–Kier alpha value is -0.490. The average molecular weight is 241 g/mol. The molecule has 0 radical (unpaired) electrons. The minimum absolute atomic E-state index is 0.235. The molecular weight excluding hydrogens is 222 g/mol. The molecule has 0 saturated carbocycles. The number of thiazole rings is 1. The molecule has 1 aliphatic rings. The molecule has 90 valence electrons. The van der Waals surface area contributed by atoms with E-state index < -0.39 is 0 Å². The van der Waals surface area contributed by atoms with Crippen LogP contribution in [0.15, 0.2) is 11.7 Å². The van der Waals surface area contributed by atoms with Crippen molar-refractivity contribution in [1.82, 2.24) is 15.2 Å². The zero-order valence-electron chi connectivity index (χ0n) is 9.85. The molecule has 0 aliphatic carbocycles. The zero-order chi connectivity index (χ0) is 11.4. The molecule has 1 fully saturated rings. The molecule has 0 bridgehead atoms.